The largest absolute Gasteiger partial charge is 0.394 e. The molecule has 2 unspecified atom stereocenters. The zero-order chi connectivity index (χ0) is 28.7. The third-order valence-electron chi connectivity index (χ3n) is 7.37. The normalized spacial score (nSPS) is 13.6. The highest BCUT2D eigenvalue weighted by Crippen LogP contribution is 2.12. The van der Waals surface area contributed by atoms with Crippen LogP contribution in [-0.4, -0.2) is 34.9 Å². The number of aliphatic hydroxyl groups is 2. The Morgan fingerprint density at radius 2 is 1.08 bits per heavy atom. The van der Waals surface area contributed by atoms with Gasteiger partial charge in [-0.05, 0) is 44.9 Å². The van der Waals surface area contributed by atoms with E-state index < -0.39 is 12.1 Å². The Bertz CT molecular complexity index is 599. The van der Waals surface area contributed by atoms with Gasteiger partial charge in [0.1, 0.15) is 0 Å². The van der Waals surface area contributed by atoms with Crippen molar-refractivity contribution in [1.29, 1.82) is 0 Å². The van der Waals surface area contributed by atoms with E-state index in [9.17, 15) is 15.0 Å². The zero-order valence-corrected chi connectivity index (χ0v) is 25.9. The summed E-state index contributed by atoms with van der Waals surface area (Å²) in [4.78, 5) is 12.3. The van der Waals surface area contributed by atoms with Gasteiger partial charge in [0.2, 0.25) is 5.91 Å². The van der Waals surface area contributed by atoms with Crippen molar-refractivity contribution in [2.24, 2.45) is 0 Å². The Morgan fingerprint density at radius 3 is 1.62 bits per heavy atom. The maximum Gasteiger partial charge on any atom is 0.220 e. The molecule has 0 aliphatic carbocycles. The maximum absolute atomic E-state index is 12.3. The Morgan fingerprint density at radius 1 is 0.615 bits per heavy atom. The molecule has 0 aromatic heterocycles. The number of hydrogen-bond donors (Lipinski definition) is 3. The van der Waals surface area contributed by atoms with E-state index in [0.717, 1.165) is 44.9 Å². The second kappa shape index (κ2) is 31.1. The standard InChI is InChI=1S/C35H65NO3/c1-3-5-7-9-11-13-15-17-19-21-23-25-27-29-31-35(39)36-33(32-37)34(38)30-28-26-24-22-20-18-16-14-12-10-8-6-4-2/h9,11,15,17,28,30,33-34,37-38H,3-8,10,12-14,16,18-27,29,31-32H2,1-2H3,(H,36,39)/b11-9-,17-15-,30-28+. The number of aliphatic hydroxyl groups excluding tert-OH is 2. The Balaban J connectivity index is 3.70. The number of unbranched alkanes of at least 4 members (excludes halogenated alkanes) is 18. The Hall–Kier alpha value is -1.39. The number of hydrogen-bond acceptors (Lipinski definition) is 3. The number of amides is 1. The number of allylic oxidation sites excluding steroid dienone is 5. The smallest absolute Gasteiger partial charge is 0.220 e. The fourth-order valence-electron chi connectivity index (χ4n) is 4.72. The summed E-state index contributed by atoms with van der Waals surface area (Å²) in [5.74, 6) is -0.0817. The van der Waals surface area contributed by atoms with Crippen LogP contribution in [0.5, 0.6) is 0 Å². The Kier molecular flexibility index (Phi) is 30.0. The number of nitrogens with one attached hydrogen (secondary N) is 1. The SMILES string of the molecule is CCCC/C=C\C/C=C\CCCCCCCC(=O)NC(CO)C(O)/C=C/CCCCCCCCCCCCC. The van der Waals surface area contributed by atoms with Crippen molar-refractivity contribution < 1.29 is 15.0 Å². The summed E-state index contributed by atoms with van der Waals surface area (Å²) in [7, 11) is 0. The van der Waals surface area contributed by atoms with Crippen molar-refractivity contribution in [1.82, 2.24) is 5.32 Å². The molecule has 4 heteroatoms. The fourth-order valence-corrected chi connectivity index (χ4v) is 4.72. The van der Waals surface area contributed by atoms with Crippen molar-refractivity contribution >= 4 is 5.91 Å². The summed E-state index contributed by atoms with van der Waals surface area (Å²) >= 11 is 0. The van der Waals surface area contributed by atoms with Gasteiger partial charge >= 0.3 is 0 Å². The van der Waals surface area contributed by atoms with Gasteiger partial charge in [0, 0.05) is 6.42 Å². The molecule has 0 spiro atoms. The summed E-state index contributed by atoms with van der Waals surface area (Å²) < 4.78 is 0. The van der Waals surface area contributed by atoms with Gasteiger partial charge < -0.3 is 15.5 Å². The molecule has 228 valence electrons. The van der Waals surface area contributed by atoms with Crippen molar-refractivity contribution in [3.05, 3.63) is 36.5 Å². The highest BCUT2D eigenvalue weighted by atomic mass is 16.3. The summed E-state index contributed by atoms with van der Waals surface area (Å²) in [5, 5.41) is 22.8. The summed E-state index contributed by atoms with van der Waals surface area (Å²) in [5.41, 5.74) is 0. The predicted molar refractivity (Wildman–Crippen MR) is 170 cm³/mol. The fraction of sp³-hybridized carbons (Fsp3) is 0.800. The van der Waals surface area contributed by atoms with Gasteiger partial charge in [-0.3, -0.25) is 4.79 Å². The van der Waals surface area contributed by atoms with E-state index >= 15 is 0 Å². The topological polar surface area (TPSA) is 69.6 Å². The molecule has 39 heavy (non-hydrogen) atoms. The van der Waals surface area contributed by atoms with E-state index in [4.69, 9.17) is 0 Å². The average Bonchev–Trinajstić information content (AvgIpc) is 2.94. The lowest BCUT2D eigenvalue weighted by Crippen LogP contribution is -2.45. The molecule has 0 fully saturated rings. The van der Waals surface area contributed by atoms with Gasteiger partial charge in [-0.1, -0.05) is 147 Å². The molecule has 0 aliphatic rings. The van der Waals surface area contributed by atoms with Crippen LogP contribution in [0.4, 0.5) is 0 Å². The van der Waals surface area contributed by atoms with Crippen LogP contribution in [0.15, 0.2) is 36.5 Å². The van der Waals surface area contributed by atoms with Gasteiger partial charge in [-0.2, -0.15) is 0 Å². The number of rotatable bonds is 29. The van der Waals surface area contributed by atoms with Crippen LogP contribution in [0.25, 0.3) is 0 Å². The van der Waals surface area contributed by atoms with Gasteiger partial charge in [0.05, 0.1) is 18.8 Å². The highest BCUT2D eigenvalue weighted by Gasteiger charge is 2.17. The second-order valence-corrected chi connectivity index (χ2v) is 11.2. The third kappa shape index (κ3) is 28.0. The first-order chi connectivity index (χ1) is 19.2. The van der Waals surface area contributed by atoms with E-state index in [-0.39, 0.29) is 12.5 Å². The van der Waals surface area contributed by atoms with Crippen LogP contribution in [0.2, 0.25) is 0 Å². The van der Waals surface area contributed by atoms with Crippen molar-refractivity contribution in [2.45, 2.75) is 174 Å². The third-order valence-corrected chi connectivity index (χ3v) is 7.37. The second-order valence-electron chi connectivity index (χ2n) is 11.2. The molecule has 1 amide bonds. The zero-order valence-electron chi connectivity index (χ0n) is 25.9. The average molecular weight is 548 g/mol. The first kappa shape index (κ1) is 37.6. The quantitative estimate of drug-likeness (QED) is 0.0645. The molecule has 0 saturated carbocycles. The summed E-state index contributed by atoms with van der Waals surface area (Å²) in [6, 6.07) is -0.626. The van der Waals surface area contributed by atoms with Crippen LogP contribution in [-0.2, 0) is 4.79 Å². The van der Waals surface area contributed by atoms with Crippen LogP contribution in [0.1, 0.15) is 162 Å². The van der Waals surface area contributed by atoms with Crippen LogP contribution in [0.3, 0.4) is 0 Å². The van der Waals surface area contributed by atoms with Crippen molar-refractivity contribution in [3.63, 3.8) is 0 Å². The molecule has 2 atom stereocenters. The van der Waals surface area contributed by atoms with Gasteiger partial charge in [0.25, 0.3) is 0 Å². The number of carbonyl (C=O) groups excluding carboxylic acids is 1. The lowest BCUT2D eigenvalue weighted by Gasteiger charge is -2.20. The minimum Gasteiger partial charge on any atom is -0.394 e. The van der Waals surface area contributed by atoms with Crippen LogP contribution < -0.4 is 5.32 Å². The molecule has 0 aliphatic heterocycles. The summed E-state index contributed by atoms with van der Waals surface area (Å²) in [6.45, 7) is 4.23. The molecule has 4 nitrogen and oxygen atoms in total. The molecular weight excluding hydrogens is 482 g/mol. The molecule has 0 saturated heterocycles. The first-order valence-electron chi connectivity index (χ1n) is 16.7. The van der Waals surface area contributed by atoms with Gasteiger partial charge in [-0.15, -0.1) is 0 Å². The van der Waals surface area contributed by atoms with Crippen LogP contribution >= 0.6 is 0 Å². The Labute approximate surface area is 242 Å². The number of carbonyl (C=O) groups is 1. The minimum absolute atomic E-state index is 0.0817. The molecule has 0 radical (unpaired) electrons. The van der Waals surface area contributed by atoms with E-state index in [1.54, 1.807) is 6.08 Å². The lowest BCUT2D eigenvalue weighted by atomic mass is 10.0. The van der Waals surface area contributed by atoms with E-state index in [1.165, 1.54) is 96.3 Å². The first-order valence-corrected chi connectivity index (χ1v) is 16.7. The van der Waals surface area contributed by atoms with Gasteiger partial charge in [0.15, 0.2) is 0 Å². The monoisotopic (exact) mass is 547 g/mol. The molecule has 0 bridgehead atoms. The molecule has 0 rings (SSSR count). The van der Waals surface area contributed by atoms with Crippen LogP contribution in [0, 0.1) is 0 Å². The molecule has 3 N–H and O–H groups in total. The van der Waals surface area contributed by atoms with Crippen molar-refractivity contribution in [2.75, 3.05) is 6.61 Å². The molecule has 0 heterocycles. The highest BCUT2D eigenvalue weighted by molar-refractivity contribution is 5.76. The minimum atomic E-state index is -0.841. The van der Waals surface area contributed by atoms with E-state index in [2.05, 4.69) is 43.5 Å². The summed E-state index contributed by atoms with van der Waals surface area (Å²) in [6.07, 6.45) is 39.3. The van der Waals surface area contributed by atoms with E-state index in [0.29, 0.717) is 6.42 Å². The predicted octanol–water partition coefficient (Wildman–Crippen LogP) is 9.51. The van der Waals surface area contributed by atoms with Gasteiger partial charge in [-0.25, -0.2) is 0 Å². The van der Waals surface area contributed by atoms with E-state index in [1.807, 2.05) is 6.08 Å². The molecular formula is C35H65NO3. The lowest BCUT2D eigenvalue weighted by molar-refractivity contribution is -0.123. The van der Waals surface area contributed by atoms with Crippen molar-refractivity contribution in [3.8, 4) is 0 Å². The molecule has 0 aromatic rings. The maximum atomic E-state index is 12.3. The molecule has 0 aromatic carbocycles.